The zero-order valence-electron chi connectivity index (χ0n) is 19.0. The van der Waals surface area contributed by atoms with Gasteiger partial charge in [0.15, 0.2) is 0 Å². The molecule has 0 aliphatic carbocycles. The minimum atomic E-state index is -1.45. The Balaban J connectivity index is 0.00000121. The molecular formula is C23H33F3N4OS. The van der Waals surface area contributed by atoms with E-state index in [0.717, 1.165) is 5.75 Å². The predicted molar refractivity (Wildman–Crippen MR) is 127 cm³/mol. The quantitative estimate of drug-likeness (QED) is 0.536. The van der Waals surface area contributed by atoms with Gasteiger partial charge in [-0.3, -0.25) is 10.1 Å². The van der Waals surface area contributed by atoms with Crippen molar-refractivity contribution in [2.24, 2.45) is 5.73 Å². The Bertz CT molecular complexity index is 841. The molecule has 0 spiro atoms. The van der Waals surface area contributed by atoms with Gasteiger partial charge in [0.1, 0.15) is 24.1 Å². The zero-order valence-corrected chi connectivity index (χ0v) is 19.8. The van der Waals surface area contributed by atoms with E-state index in [2.05, 4.69) is 15.9 Å². The Kier molecular flexibility index (Phi) is 11.9. The molecule has 32 heavy (non-hydrogen) atoms. The fourth-order valence-electron chi connectivity index (χ4n) is 3.82. The monoisotopic (exact) mass is 470 g/mol. The average molecular weight is 471 g/mol. The lowest BCUT2D eigenvalue weighted by Gasteiger charge is -2.29. The van der Waals surface area contributed by atoms with Gasteiger partial charge < -0.3 is 10.5 Å². The van der Waals surface area contributed by atoms with Gasteiger partial charge in [-0.25, -0.2) is 18.2 Å². The lowest BCUT2D eigenvalue weighted by molar-refractivity contribution is -0.0980. The van der Waals surface area contributed by atoms with Crippen LogP contribution in [0.1, 0.15) is 19.4 Å². The topological polar surface area (TPSA) is 70.4 Å². The van der Waals surface area contributed by atoms with Crippen molar-refractivity contribution in [2.75, 3.05) is 26.4 Å². The number of hydrogen-bond acceptors (Lipinski definition) is 6. The molecule has 3 atom stereocenters. The van der Waals surface area contributed by atoms with Crippen molar-refractivity contribution in [1.82, 2.24) is 15.2 Å². The maximum atomic E-state index is 15.3. The van der Waals surface area contributed by atoms with Gasteiger partial charge in [-0.1, -0.05) is 49.2 Å². The molecule has 0 saturated carbocycles. The minimum absolute atomic E-state index is 0.210. The Morgan fingerprint density at radius 1 is 1.22 bits per heavy atom. The number of benzene rings is 2. The van der Waals surface area contributed by atoms with E-state index in [-0.39, 0.29) is 12.6 Å². The van der Waals surface area contributed by atoms with E-state index >= 15 is 8.78 Å². The molecule has 4 N–H and O–H groups in total. The summed E-state index contributed by atoms with van der Waals surface area (Å²) in [5.74, 6) is 0.00875. The van der Waals surface area contributed by atoms with E-state index in [1.165, 1.54) is 31.1 Å². The molecule has 1 saturated heterocycles. The van der Waals surface area contributed by atoms with Crippen LogP contribution >= 0.6 is 11.9 Å². The first-order valence-corrected chi connectivity index (χ1v) is 11.3. The lowest BCUT2D eigenvalue weighted by Crippen LogP contribution is -2.49. The van der Waals surface area contributed by atoms with E-state index in [4.69, 9.17) is 4.79 Å². The van der Waals surface area contributed by atoms with Gasteiger partial charge in [0, 0.05) is 23.9 Å². The molecule has 1 aliphatic rings. The number of alkyl halides is 1. The summed E-state index contributed by atoms with van der Waals surface area (Å²) in [7, 11) is 3.25. The van der Waals surface area contributed by atoms with Crippen LogP contribution in [-0.4, -0.2) is 55.9 Å². The van der Waals surface area contributed by atoms with Crippen molar-refractivity contribution < 1.29 is 18.0 Å². The Hall–Kier alpha value is -1.91. The molecule has 1 fully saturated rings. The SMILES string of the molecule is C=O.CCSNC1C(Cc2cccc(-c3cccc(F)c3)c2F)N(NC)CC1(C)F.CN. The number of hydrogen-bond donors (Lipinski definition) is 3. The molecule has 3 rings (SSSR count). The van der Waals surface area contributed by atoms with E-state index < -0.39 is 23.3 Å². The Labute approximate surface area is 193 Å². The summed E-state index contributed by atoms with van der Waals surface area (Å²) in [4.78, 5) is 8.00. The van der Waals surface area contributed by atoms with Crippen molar-refractivity contribution in [3.63, 3.8) is 0 Å². The van der Waals surface area contributed by atoms with Crippen LogP contribution in [0.3, 0.4) is 0 Å². The fourth-order valence-corrected chi connectivity index (χ4v) is 4.57. The third-order valence-corrected chi connectivity index (χ3v) is 5.91. The molecule has 1 heterocycles. The van der Waals surface area contributed by atoms with Crippen LogP contribution < -0.4 is 15.9 Å². The normalized spacial score (nSPS) is 22.5. The predicted octanol–water partition coefficient (Wildman–Crippen LogP) is 3.74. The number of carbonyl (C=O) groups excluding carboxylic acids is 1. The molecule has 0 radical (unpaired) electrons. The zero-order chi connectivity index (χ0) is 24.3. The molecule has 0 amide bonds. The highest BCUT2D eigenvalue weighted by atomic mass is 32.2. The van der Waals surface area contributed by atoms with Crippen molar-refractivity contribution >= 4 is 18.7 Å². The van der Waals surface area contributed by atoms with Crippen LogP contribution in [0.15, 0.2) is 42.5 Å². The van der Waals surface area contributed by atoms with Crippen LogP contribution in [0.5, 0.6) is 0 Å². The third kappa shape index (κ3) is 6.79. The number of nitrogens with one attached hydrogen (secondary N) is 2. The standard InChI is InChI=1S/C21H26F3N3S.CH5N.CH2O/c1-4-28-26-20-18(27(25-3)13-21(20,2)24)12-15-8-6-10-17(19(15)23)14-7-5-9-16(22)11-14;2*1-2/h5-11,18,20,25-26H,4,12-13H2,1-3H3;2H2,1H3;1H2. The second kappa shape index (κ2) is 13.6. The number of hydrazine groups is 1. The number of rotatable bonds is 7. The Morgan fingerprint density at radius 3 is 2.47 bits per heavy atom. The summed E-state index contributed by atoms with van der Waals surface area (Å²) < 4.78 is 47.2. The molecule has 2 aromatic rings. The highest BCUT2D eigenvalue weighted by molar-refractivity contribution is 7.97. The third-order valence-electron chi connectivity index (χ3n) is 5.20. The van der Waals surface area contributed by atoms with E-state index in [9.17, 15) is 4.39 Å². The minimum Gasteiger partial charge on any atom is -0.333 e. The molecule has 2 aromatic carbocycles. The molecular weight excluding hydrogens is 437 g/mol. The fraction of sp³-hybridized carbons (Fsp3) is 0.435. The van der Waals surface area contributed by atoms with Gasteiger partial charge in [0.05, 0.1) is 6.04 Å². The summed E-state index contributed by atoms with van der Waals surface area (Å²) in [6, 6.07) is 10.3. The first-order valence-electron chi connectivity index (χ1n) is 10.3. The van der Waals surface area contributed by atoms with E-state index in [1.54, 1.807) is 44.3 Å². The first kappa shape index (κ1) is 28.1. The highest BCUT2D eigenvalue weighted by Gasteiger charge is 2.50. The van der Waals surface area contributed by atoms with Gasteiger partial charge >= 0.3 is 0 Å². The molecule has 5 nitrogen and oxygen atoms in total. The smallest absolute Gasteiger partial charge is 0.139 e. The lowest BCUT2D eigenvalue weighted by atomic mass is 9.92. The van der Waals surface area contributed by atoms with Gasteiger partial charge in [-0.2, -0.15) is 0 Å². The summed E-state index contributed by atoms with van der Waals surface area (Å²) in [5, 5.41) is 1.82. The second-order valence-electron chi connectivity index (χ2n) is 7.22. The van der Waals surface area contributed by atoms with Crippen molar-refractivity contribution in [2.45, 2.75) is 38.0 Å². The molecule has 0 aromatic heterocycles. The van der Waals surface area contributed by atoms with Crippen LogP contribution in [0.25, 0.3) is 11.1 Å². The number of halogens is 3. The summed E-state index contributed by atoms with van der Waals surface area (Å²) in [6.45, 7) is 5.78. The van der Waals surface area contributed by atoms with Crippen LogP contribution in [0, 0.1) is 11.6 Å². The van der Waals surface area contributed by atoms with Crippen molar-refractivity contribution in [3.8, 4) is 11.1 Å². The summed E-state index contributed by atoms with van der Waals surface area (Å²) >= 11 is 1.46. The number of nitrogens with two attached hydrogens (primary N) is 1. The summed E-state index contributed by atoms with van der Waals surface area (Å²) in [6.07, 6.45) is 0.331. The molecule has 3 unspecified atom stereocenters. The van der Waals surface area contributed by atoms with Gasteiger partial charge in [0.2, 0.25) is 0 Å². The number of carbonyl (C=O) groups is 1. The van der Waals surface area contributed by atoms with Crippen molar-refractivity contribution in [1.29, 1.82) is 0 Å². The first-order chi connectivity index (χ1) is 15.4. The molecule has 0 bridgehead atoms. The van der Waals surface area contributed by atoms with E-state index in [0.29, 0.717) is 23.1 Å². The highest BCUT2D eigenvalue weighted by Crippen LogP contribution is 2.34. The molecule has 178 valence electrons. The largest absolute Gasteiger partial charge is 0.333 e. The molecule has 9 heteroatoms. The number of nitrogens with zero attached hydrogens (tertiary/aromatic N) is 1. The average Bonchev–Trinajstić information content (AvgIpc) is 3.05. The van der Waals surface area contributed by atoms with Gasteiger partial charge in [-0.05, 0) is 50.7 Å². The van der Waals surface area contributed by atoms with Crippen LogP contribution in [0.4, 0.5) is 13.2 Å². The Morgan fingerprint density at radius 2 is 1.88 bits per heavy atom. The second-order valence-corrected chi connectivity index (χ2v) is 8.32. The molecule has 1 aliphatic heterocycles. The maximum absolute atomic E-state index is 15.3. The van der Waals surface area contributed by atoms with Crippen LogP contribution in [-0.2, 0) is 11.2 Å². The van der Waals surface area contributed by atoms with Crippen LogP contribution in [0.2, 0.25) is 0 Å². The summed E-state index contributed by atoms with van der Waals surface area (Å²) in [5.41, 5.74) is 7.41. The van der Waals surface area contributed by atoms with Gasteiger partial charge in [-0.15, -0.1) is 0 Å². The maximum Gasteiger partial charge on any atom is 0.139 e. The van der Waals surface area contributed by atoms with E-state index in [1.807, 2.05) is 18.7 Å². The van der Waals surface area contributed by atoms with Gasteiger partial charge in [0.25, 0.3) is 0 Å². The van der Waals surface area contributed by atoms with Crippen molar-refractivity contribution in [3.05, 3.63) is 59.7 Å².